The number of imidazole rings is 1. The number of fused-ring (bicyclic) bond motifs is 1. The van der Waals surface area contributed by atoms with Crippen molar-refractivity contribution in [1.29, 1.82) is 0 Å². The molecule has 0 radical (unpaired) electrons. The fourth-order valence-corrected chi connectivity index (χ4v) is 1.88. The van der Waals surface area contributed by atoms with Crippen molar-refractivity contribution in [3.05, 3.63) is 34.9 Å². The maximum Gasteiger partial charge on any atom is 0.155 e. The number of hydrogen-bond donors (Lipinski definition) is 1. The molecule has 0 spiro atoms. The van der Waals surface area contributed by atoms with Crippen molar-refractivity contribution < 1.29 is 0 Å². The van der Waals surface area contributed by atoms with Crippen molar-refractivity contribution in [3.8, 4) is 0 Å². The van der Waals surface area contributed by atoms with E-state index in [9.17, 15) is 0 Å². The van der Waals surface area contributed by atoms with E-state index in [0.29, 0.717) is 17.6 Å². The van der Waals surface area contributed by atoms with Crippen molar-refractivity contribution in [3.63, 3.8) is 0 Å². The number of rotatable bonds is 2. The van der Waals surface area contributed by atoms with Gasteiger partial charge in [-0.3, -0.25) is 0 Å². The molecule has 2 rings (SSSR count). The molecule has 0 amide bonds. The van der Waals surface area contributed by atoms with Gasteiger partial charge in [-0.15, -0.1) is 0 Å². The van der Waals surface area contributed by atoms with E-state index in [2.05, 4.69) is 18.8 Å². The van der Waals surface area contributed by atoms with E-state index in [1.54, 1.807) is 0 Å². The Morgan fingerprint density at radius 1 is 1.47 bits per heavy atom. The van der Waals surface area contributed by atoms with Gasteiger partial charge in [-0.05, 0) is 11.6 Å². The van der Waals surface area contributed by atoms with E-state index in [0.717, 1.165) is 16.9 Å². The Bertz CT molecular complexity index is 488. The molecule has 4 heteroatoms. The van der Waals surface area contributed by atoms with Crippen molar-refractivity contribution in [1.82, 2.24) is 9.38 Å². The number of pyridine rings is 1. The standard InChI is InChI=1S/C11H14ClN3/c1-7(2)11-14-10(12)9-4-3-8(5-13)6-15(9)11/h3-4,6-7H,5,13H2,1-2H3. The third-order valence-electron chi connectivity index (χ3n) is 2.43. The Hall–Kier alpha value is -1.06. The summed E-state index contributed by atoms with van der Waals surface area (Å²) < 4.78 is 2.02. The van der Waals surface area contributed by atoms with Gasteiger partial charge in [0, 0.05) is 18.7 Å². The van der Waals surface area contributed by atoms with Gasteiger partial charge in [0.1, 0.15) is 5.82 Å². The zero-order chi connectivity index (χ0) is 11.0. The molecule has 3 nitrogen and oxygen atoms in total. The van der Waals surface area contributed by atoms with E-state index in [1.165, 1.54) is 0 Å². The molecule has 0 aromatic carbocycles. The van der Waals surface area contributed by atoms with E-state index in [-0.39, 0.29) is 0 Å². The summed E-state index contributed by atoms with van der Waals surface area (Å²) in [5.41, 5.74) is 7.63. The number of hydrogen-bond acceptors (Lipinski definition) is 2. The van der Waals surface area contributed by atoms with Crippen LogP contribution in [0.1, 0.15) is 31.2 Å². The van der Waals surface area contributed by atoms with Crippen LogP contribution in [-0.4, -0.2) is 9.38 Å². The quantitative estimate of drug-likeness (QED) is 0.851. The monoisotopic (exact) mass is 223 g/mol. The molecule has 0 saturated heterocycles. The third kappa shape index (κ3) is 1.73. The minimum absolute atomic E-state index is 0.345. The fourth-order valence-electron chi connectivity index (χ4n) is 1.64. The Morgan fingerprint density at radius 2 is 2.20 bits per heavy atom. The second-order valence-corrected chi connectivity index (χ2v) is 4.27. The highest BCUT2D eigenvalue weighted by Gasteiger charge is 2.12. The second-order valence-electron chi connectivity index (χ2n) is 3.91. The summed E-state index contributed by atoms with van der Waals surface area (Å²) in [6.07, 6.45) is 2.00. The lowest BCUT2D eigenvalue weighted by atomic mass is 10.2. The Labute approximate surface area is 93.9 Å². The normalized spacial score (nSPS) is 11.5. The first-order valence-corrected chi connectivity index (χ1v) is 5.37. The molecule has 2 aromatic heterocycles. The lowest BCUT2D eigenvalue weighted by Gasteiger charge is -2.05. The lowest BCUT2D eigenvalue weighted by molar-refractivity contribution is 0.767. The fraction of sp³-hybridized carbons (Fsp3) is 0.364. The van der Waals surface area contributed by atoms with Crippen LogP contribution in [0, 0.1) is 0 Å². The number of aromatic nitrogens is 2. The molecule has 2 N–H and O–H groups in total. The van der Waals surface area contributed by atoms with Gasteiger partial charge in [-0.25, -0.2) is 4.98 Å². The average molecular weight is 224 g/mol. The predicted molar refractivity (Wildman–Crippen MR) is 62.2 cm³/mol. The Balaban J connectivity index is 2.71. The van der Waals surface area contributed by atoms with Gasteiger partial charge in [-0.1, -0.05) is 31.5 Å². The summed E-state index contributed by atoms with van der Waals surface area (Å²) >= 11 is 6.05. The molecule has 0 aliphatic carbocycles. The van der Waals surface area contributed by atoms with Gasteiger partial charge in [0.05, 0.1) is 5.52 Å². The highest BCUT2D eigenvalue weighted by atomic mass is 35.5. The summed E-state index contributed by atoms with van der Waals surface area (Å²) in [6, 6.07) is 3.94. The zero-order valence-electron chi connectivity index (χ0n) is 8.87. The highest BCUT2D eigenvalue weighted by Crippen LogP contribution is 2.23. The molecule has 80 valence electrons. The minimum Gasteiger partial charge on any atom is -0.326 e. The second kappa shape index (κ2) is 3.83. The molecule has 2 aromatic rings. The van der Waals surface area contributed by atoms with Crippen LogP contribution in [0.5, 0.6) is 0 Å². The molecular weight excluding hydrogens is 210 g/mol. The first-order chi connectivity index (χ1) is 7.13. The zero-order valence-corrected chi connectivity index (χ0v) is 9.62. The van der Waals surface area contributed by atoms with Crippen LogP contribution in [0.3, 0.4) is 0 Å². The van der Waals surface area contributed by atoms with Crippen LogP contribution in [-0.2, 0) is 6.54 Å². The number of halogens is 1. The predicted octanol–water partition coefficient (Wildman–Crippen LogP) is 2.57. The average Bonchev–Trinajstić information content (AvgIpc) is 2.56. The topological polar surface area (TPSA) is 43.3 Å². The van der Waals surface area contributed by atoms with Crippen LogP contribution in [0.25, 0.3) is 5.52 Å². The Morgan fingerprint density at radius 3 is 2.80 bits per heavy atom. The summed E-state index contributed by atoms with van der Waals surface area (Å²) in [5, 5.41) is 0.558. The van der Waals surface area contributed by atoms with Crippen molar-refractivity contribution in [2.24, 2.45) is 5.73 Å². The highest BCUT2D eigenvalue weighted by molar-refractivity contribution is 6.32. The minimum atomic E-state index is 0.345. The van der Waals surface area contributed by atoms with Gasteiger partial charge in [0.15, 0.2) is 5.15 Å². The molecule has 15 heavy (non-hydrogen) atoms. The summed E-state index contributed by atoms with van der Waals surface area (Å²) in [7, 11) is 0. The van der Waals surface area contributed by atoms with Crippen LogP contribution in [0.4, 0.5) is 0 Å². The molecule has 0 unspecified atom stereocenters. The first kappa shape index (κ1) is 10.5. The summed E-state index contributed by atoms with van der Waals surface area (Å²) in [6.45, 7) is 4.73. The van der Waals surface area contributed by atoms with Crippen molar-refractivity contribution in [2.45, 2.75) is 26.3 Å². The van der Waals surface area contributed by atoms with Crippen LogP contribution < -0.4 is 5.73 Å². The largest absolute Gasteiger partial charge is 0.326 e. The lowest BCUT2D eigenvalue weighted by Crippen LogP contribution is -2.01. The van der Waals surface area contributed by atoms with E-state index < -0.39 is 0 Å². The molecule has 0 saturated carbocycles. The maximum absolute atomic E-state index is 6.05. The van der Waals surface area contributed by atoms with Crippen LogP contribution >= 0.6 is 11.6 Å². The van der Waals surface area contributed by atoms with Gasteiger partial charge >= 0.3 is 0 Å². The summed E-state index contributed by atoms with van der Waals surface area (Å²) in [5.74, 6) is 1.32. The van der Waals surface area contributed by atoms with Crippen molar-refractivity contribution in [2.75, 3.05) is 0 Å². The SMILES string of the molecule is CC(C)c1nc(Cl)c2ccc(CN)cn12. The van der Waals surface area contributed by atoms with E-state index in [4.69, 9.17) is 17.3 Å². The van der Waals surface area contributed by atoms with Gasteiger partial charge in [-0.2, -0.15) is 0 Å². The number of nitrogens with zero attached hydrogens (tertiary/aromatic N) is 2. The summed E-state index contributed by atoms with van der Waals surface area (Å²) in [4.78, 5) is 4.35. The van der Waals surface area contributed by atoms with Gasteiger partial charge in [0.25, 0.3) is 0 Å². The maximum atomic E-state index is 6.05. The van der Waals surface area contributed by atoms with Crippen molar-refractivity contribution >= 4 is 17.1 Å². The van der Waals surface area contributed by atoms with E-state index in [1.807, 2.05) is 22.7 Å². The van der Waals surface area contributed by atoms with Crippen LogP contribution in [0.15, 0.2) is 18.3 Å². The molecule has 0 bridgehead atoms. The molecule has 0 aliphatic rings. The molecule has 0 aliphatic heterocycles. The van der Waals surface area contributed by atoms with Crippen LogP contribution in [0.2, 0.25) is 5.15 Å². The first-order valence-electron chi connectivity index (χ1n) is 5.00. The Kier molecular flexibility index (Phi) is 2.67. The molecule has 2 heterocycles. The molecule has 0 fully saturated rings. The molecule has 0 atom stereocenters. The number of nitrogens with two attached hydrogens (primary N) is 1. The molecular formula is C11H14ClN3. The van der Waals surface area contributed by atoms with Gasteiger partial charge < -0.3 is 10.1 Å². The van der Waals surface area contributed by atoms with E-state index >= 15 is 0 Å². The van der Waals surface area contributed by atoms with Gasteiger partial charge in [0.2, 0.25) is 0 Å². The third-order valence-corrected chi connectivity index (χ3v) is 2.71. The smallest absolute Gasteiger partial charge is 0.155 e.